The van der Waals surface area contributed by atoms with Gasteiger partial charge in [-0.05, 0) is 36.4 Å². The highest BCUT2D eigenvalue weighted by atomic mass is 16.5. The third-order valence-corrected chi connectivity index (χ3v) is 4.84. The van der Waals surface area contributed by atoms with Crippen LogP contribution in [0.25, 0.3) is 10.9 Å². The zero-order valence-corrected chi connectivity index (χ0v) is 16.4. The maximum Gasteiger partial charge on any atom is 0.251 e. The molecule has 0 aliphatic carbocycles. The molecule has 1 N–H and O–H groups in total. The second kappa shape index (κ2) is 7.69. The number of H-pyrrole nitrogens is 1. The summed E-state index contributed by atoms with van der Waals surface area (Å²) in [6.07, 6.45) is 0.928. The van der Waals surface area contributed by atoms with E-state index >= 15 is 0 Å². The molecule has 28 heavy (non-hydrogen) atoms. The van der Waals surface area contributed by atoms with E-state index in [-0.39, 0.29) is 12.0 Å². The molecule has 3 rings (SSSR count). The van der Waals surface area contributed by atoms with Crippen LogP contribution in [0.15, 0.2) is 35.1 Å². The summed E-state index contributed by atoms with van der Waals surface area (Å²) in [6.45, 7) is 3.77. The molecule has 0 aliphatic rings. The number of nitriles is 1. The lowest BCUT2D eigenvalue weighted by Gasteiger charge is -2.22. The predicted molar refractivity (Wildman–Crippen MR) is 106 cm³/mol. The molecule has 1 atom stereocenters. The summed E-state index contributed by atoms with van der Waals surface area (Å²) in [5.41, 5.74) is 1.20. The lowest BCUT2D eigenvalue weighted by Crippen LogP contribution is -2.24. The first-order valence-electron chi connectivity index (χ1n) is 8.96. The van der Waals surface area contributed by atoms with E-state index in [1.165, 1.54) is 14.2 Å². The molecule has 0 saturated carbocycles. The van der Waals surface area contributed by atoms with Crippen molar-refractivity contribution in [3.05, 3.63) is 57.6 Å². The summed E-state index contributed by atoms with van der Waals surface area (Å²) in [7, 11) is 3.03. The Morgan fingerprint density at radius 1 is 1.14 bits per heavy atom. The van der Waals surface area contributed by atoms with Crippen molar-refractivity contribution in [3.8, 4) is 17.8 Å². The van der Waals surface area contributed by atoms with Crippen molar-refractivity contribution in [1.82, 2.24) is 15.0 Å². The van der Waals surface area contributed by atoms with Crippen molar-refractivity contribution in [1.29, 1.82) is 5.26 Å². The average Bonchev–Trinajstić information content (AvgIpc) is 2.72. The molecule has 0 spiro atoms. The zero-order valence-electron chi connectivity index (χ0n) is 16.4. The minimum atomic E-state index is -0.897. The first-order valence-corrected chi connectivity index (χ1v) is 8.96. The molecular weight excluding hydrogens is 356 g/mol. The fraction of sp³-hybridized carbons (Fsp3) is 0.333. The summed E-state index contributed by atoms with van der Waals surface area (Å²) in [5, 5.41) is 10.9. The molecule has 0 amide bonds. The van der Waals surface area contributed by atoms with Gasteiger partial charge in [0, 0.05) is 17.5 Å². The van der Waals surface area contributed by atoms with Crippen LogP contribution < -0.4 is 15.0 Å². The van der Waals surface area contributed by atoms with Crippen molar-refractivity contribution in [2.24, 2.45) is 0 Å². The van der Waals surface area contributed by atoms with Crippen molar-refractivity contribution in [3.63, 3.8) is 0 Å². The van der Waals surface area contributed by atoms with Crippen LogP contribution in [0.5, 0.6) is 11.8 Å². The van der Waals surface area contributed by atoms with Gasteiger partial charge in [-0.3, -0.25) is 4.79 Å². The normalized spacial score (nSPS) is 13.0. The highest BCUT2D eigenvalue weighted by Gasteiger charge is 2.29. The molecule has 0 aliphatic heterocycles. The van der Waals surface area contributed by atoms with E-state index in [4.69, 9.17) is 9.47 Å². The number of aromatic amines is 1. The van der Waals surface area contributed by atoms with Crippen molar-refractivity contribution >= 4 is 10.9 Å². The van der Waals surface area contributed by atoms with Crippen LogP contribution in [0.4, 0.5) is 0 Å². The van der Waals surface area contributed by atoms with E-state index in [1.807, 2.05) is 38.1 Å². The van der Waals surface area contributed by atoms with Crippen molar-refractivity contribution in [2.75, 3.05) is 14.2 Å². The lowest BCUT2D eigenvalue weighted by molar-refractivity contribution is 0.366. The molecule has 0 bridgehead atoms. The highest BCUT2D eigenvalue weighted by Crippen LogP contribution is 2.30. The Kier molecular flexibility index (Phi) is 5.32. The maximum absolute atomic E-state index is 12.2. The Balaban J connectivity index is 2.04. The molecule has 2 heterocycles. The van der Waals surface area contributed by atoms with Crippen LogP contribution >= 0.6 is 0 Å². The number of pyridine rings is 1. The van der Waals surface area contributed by atoms with Crippen LogP contribution in [0.1, 0.15) is 30.8 Å². The van der Waals surface area contributed by atoms with E-state index in [2.05, 4.69) is 21.0 Å². The molecule has 1 aromatic carbocycles. The number of ether oxygens (including phenoxy) is 2. The van der Waals surface area contributed by atoms with Gasteiger partial charge in [0.05, 0.1) is 31.8 Å². The van der Waals surface area contributed by atoms with Crippen LogP contribution in [-0.4, -0.2) is 29.2 Å². The highest BCUT2D eigenvalue weighted by molar-refractivity contribution is 5.80. The van der Waals surface area contributed by atoms with Crippen molar-refractivity contribution < 1.29 is 9.47 Å². The maximum atomic E-state index is 12.2. The summed E-state index contributed by atoms with van der Waals surface area (Å²) in [4.78, 5) is 23.7. The number of fused-ring (bicyclic) bond motifs is 1. The standard InChI is InChI=1S/C21H22N4O3/c1-5-13-8-14-6-7-15(9-16(14)23-20(13)26)21(2,12-22)11-17-24-18(27-3)10-19(25-17)28-4/h6-10H,5,11H2,1-4H3,(H,23,26)/t21-/m0/s1. The minimum absolute atomic E-state index is 0.105. The molecule has 0 radical (unpaired) electrons. The first-order chi connectivity index (χ1) is 13.4. The van der Waals surface area contributed by atoms with Crippen LogP contribution in [0.2, 0.25) is 0 Å². The Morgan fingerprint density at radius 3 is 2.39 bits per heavy atom. The Labute approximate surface area is 163 Å². The molecular formula is C21H22N4O3. The molecule has 0 fully saturated rings. The lowest BCUT2D eigenvalue weighted by atomic mass is 9.80. The number of hydrogen-bond acceptors (Lipinski definition) is 6. The molecule has 0 unspecified atom stereocenters. The Morgan fingerprint density at radius 2 is 1.82 bits per heavy atom. The van der Waals surface area contributed by atoms with Gasteiger partial charge < -0.3 is 14.5 Å². The number of methoxy groups -OCH3 is 2. The molecule has 7 nitrogen and oxygen atoms in total. The summed E-state index contributed by atoms with van der Waals surface area (Å²) in [6, 6.07) is 11.5. The molecule has 3 aromatic rings. The number of hydrogen-bond donors (Lipinski definition) is 1. The second-order valence-corrected chi connectivity index (χ2v) is 6.77. The van der Waals surface area contributed by atoms with E-state index < -0.39 is 5.41 Å². The number of aryl methyl sites for hydroxylation is 1. The monoisotopic (exact) mass is 378 g/mol. The van der Waals surface area contributed by atoms with Gasteiger partial charge in [-0.25, -0.2) is 0 Å². The van der Waals surface area contributed by atoms with Gasteiger partial charge in [0.15, 0.2) is 0 Å². The van der Waals surface area contributed by atoms with Crippen LogP contribution in [-0.2, 0) is 18.3 Å². The number of rotatable bonds is 6. The van der Waals surface area contributed by atoms with Crippen molar-refractivity contribution in [2.45, 2.75) is 32.1 Å². The molecule has 2 aromatic heterocycles. The predicted octanol–water partition coefficient (Wildman–Crippen LogP) is 2.92. The zero-order chi connectivity index (χ0) is 20.3. The summed E-state index contributed by atoms with van der Waals surface area (Å²) in [5.74, 6) is 1.18. The van der Waals surface area contributed by atoms with Gasteiger partial charge in [0.25, 0.3) is 5.56 Å². The van der Waals surface area contributed by atoms with E-state index in [0.29, 0.717) is 29.5 Å². The van der Waals surface area contributed by atoms with Gasteiger partial charge in [-0.1, -0.05) is 19.1 Å². The minimum Gasteiger partial charge on any atom is -0.481 e. The fourth-order valence-corrected chi connectivity index (χ4v) is 3.11. The quantitative estimate of drug-likeness (QED) is 0.708. The van der Waals surface area contributed by atoms with E-state index in [0.717, 1.165) is 16.5 Å². The van der Waals surface area contributed by atoms with Gasteiger partial charge in [0.1, 0.15) is 5.82 Å². The van der Waals surface area contributed by atoms with Crippen LogP contribution in [0, 0.1) is 11.3 Å². The summed E-state index contributed by atoms with van der Waals surface area (Å²) < 4.78 is 10.4. The Hall–Kier alpha value is -3.40. The van der Waals surface area contributed by atoms with Gasteiger partial charge >= 0.3 is 0 Å². The number of aromatic nitrogens is 3. The van der Waals surface area contributed by atoms with Gasteiger partial charge in [0.2, 0.25) is 11.8 Å². The first kappa shape index (κ1) is 19.4. The molecule has 144 valence electrons. The number of nitrogens with zero attached hydrogens (tertiary/aromatic N) is 3. The fourth-order valence-electron chi connectivity index (χ4n) is 3.11. The largest absolute Gasteiger partial charge is 0.481 e. The van der Waals surface area contributed by atoms with Gasteiger partial charge in [-0.15, -0.1) is 0 Å². The smallest absolute Gasteiger partial charge is 0.251 e. The van der Waals surface area contributed by atoms with E-state index in [1.54, 1.807) is 6.07 Å². The molecule has 7 heteroatoms. The topological polar surface area (TPSA) is 101 Å². The third-order valence-electron chi connectivity index (χ3n) is 4.84. The number of benzene rings is 1. The Bertz CT molecular complexity index is 1090. The number of nitrogens with one attached hydrogen (secondary N) is 1. The third kappa shape index (κ3) is 3.67. The SMILES string of the molecule is CCc1cc2ccc([C@](C)(C#N)Cc3nc(OC)cc(OC)n3)cc2[nH]c1=O. The molecule has 0 saturated heterocycles. The average molecular weight is 378 g/mol. The summed E-state index contributed by atoms with van der Waals surface area (Å²) >= 11 is 0. The van der Waals surface area contributed by atoms with E-state index in [9.17, 15) is 10.1 Å². The van der Waals surface area contributed by atoms with Gasteiger partial charge in [-0.2, -0.15) is 15.2 Å². The van der Waals surface area contributed by atoms with Crippen LogP contribution in [0.3, 0.4) is 0 Å². The second-order valence-electron chi connectivity index (χ2n) is 6.77.